The van der Waals surface area contributed by atoms with Gasteiger partial charge in [-0.25, -0.2) is 0 Å². The lowest BCUT2D eigenvalue weighted by molar-refractivity contribution is -0.137. The Morgan fingerprint density at radius 3 is 2.38 bits per heavy atom. The molecular formula is C17H16F3NO3. The molecule has 0 saturated carbocycles. The van der Waals surface area contributed by atoms with Crippen LogP contribution in [0, 0.1) is 0 Å². The molecule has 0 aromatic heterocycles. The van der Waals surface area contributed by atoms with Crippen molar-refractivity contribution >= 4 is 11.6 Å². The predicted molar refractivity (Wildman–Crippen MR) is 82.7 cm³/mol. The molecule has 0 bridgehead atoms. The fourth-order valence-corrected chi connectivity index (χ4v) is 2.16. The fraction of sp³-hybridized carbons (Fsp3) is 0.235. The number of methoxy groups -OCH3 is 1. The van der Waals surface area contributed by atoms with Crippen LogP contribution in [0.3, 0.4) is 0 Å². The molecule has 0 fully saturated rings. The number of aliphatic hydroxyl groups excluding tert-OH is 1. The van der Waals surface area contributed by atoms with Gasteiger partial charge in [0.25, 0.3) is 0 Å². The lowest BCUT2D eigenvalue weighted by Crippen LogP contribution is -2.15. The lowest BCUT2D eigenvalue weighted by atomic mass is 10.1. The van der Waals surface area contributed by atoms with Crippen LogP contribution in [0.1, 0.15) is 16.7 Å². The van der Waals surface area contributed by atoms with Gasteiger partial charge < -0.3 is 15.2 Å². The van der Waals surface area contributed by atoms with Crippen LogP contribution in [0.4, 0.5) is 18.9 Å². The molecule has 2 N–H and O–H groups in total. The van der Waals surface area contributed by atoms with Crippen molar-refractivity contribution in [2.75, 3.05) is 12.4 Å². The topological polar surface area (TPSA) is 58.6 Å². The maximum Gasteiger partial charge on any atom is 0.416 e. The van der Waals surface area contributed by atoms with Crippen LogP contribution in [0.2, 0.25) is 0 Å². The second kappa shape index (κ2) is 7.35. The van der Waals surface area contributed by atoms with Gasteiger partial charge in [0.05, 0.1) is 25.7 Å². The van der Waals surface area contributed by atoms with Gasteiger partial charge in [-0.05, 0) is 23.8 Å². The highest BCUT2D eigenvalue weighted by Crippen LogP contribution is 2.29. The van der Waals surface area contributed by atoms with Crippen LogP contribution in [0.15, 0.2) is 42.5 Å². The summed E-state index contributed by atoms with van der Waals surface area (Å²) in [6, 6.07) is 9.24. The quantitative estimate of drug-likeness (QED) is 0.878. The summed E-state index contributed by atoms with van der Waals surface area (Å²) in [6.07, 6.45) is -4.45. The first-order chi connectivity index (χ1) is 11.3. The van der Waals surface area contributed by atoms with E-state index in [1.54, 1.807) is 18.2 Å². The van der Waals surface area contributed by atoms with Crippen molar-refractivity contribution in [3.05, 3.63) is 59.2 Å². The summed E-state index contributed by atoms with van der Waals surface area (Å²) in [5.41, 5.74) is 0.773. The van der Waals surface area contributed by atoms with Crippen molar-refractivity contribution in [2.24, 2.45) is 0 Å². The number of halogens is 3. The van der Waals surface area contributed by atoms with E-state index in [-0.39, 0.29) is 18.9 Å². The zero-order valence-corrected chi connectivity index (χ0v) is 12.9. The number of nitrogens with one attached hydrogen (secondary N) is 1. The molecule has 7 heteroatoms. The van der Waals surface area contributed by atoms with Crippen LogP contribution in [-0.2, 0) is 24.0 Å². The first-order valence-corrected chi connectivity index (χ1v) is 7.07. The predicted octanol–water partition coefficient (Wildman–Crippen LogP) is 3.39. The average molecular weight is 339 g/mol. The molecule has 1 amide bonds. The van der Waals surface area contributed by atoms with E-state index in [0.717, 1.165) is 12.1 Å². The molecule has 2 rings (SSSR count). The largest absolute Gasteiger partial charge is 0.496 e. The van der Waals surface area contributed by atoms with Gasteiger partial charge in [-0.2, -0.15) is 13.2 Å². The summed E-state index contributed by atoms with van der Waals surface area (Å²) in [7, 11) is 1.45. The minimum atomic E-state index is -4.40. The second-order valence-electron chi connectivity index (χ2n) is 5.10. The number of alkyl halides is 3. The summed E-state index contributed by atoms with van der Waals surface area (Å²) in [5.74, 6) is 0.0680. The summed E-state index contributed by atoms with van der Waals surface area (Å²) in [6.45, 7) is -0.192. The number of hydrogen-bond acceptors (Lipinski definition) is 3. The third-order valence-electron chi connectivity index (χ3n) is 3.39. The fourth-order valence-electron chi connectivity index (χ4n) is 2.16. The Kier molecular flexibility index (Phi) is 5.46. The Morgan fingerprint density at radius 1 is 1.17 bits per heavy atom. The summed E-state index contributed by atoms with van der Waals surface area (Å²) in [4.78, 5) is 12.0. The number of aliphatic hydroxyl groups is 1. The number of hydrogen-bond donors (Lipinski definition) is 2. The van der Waals surface area contributed by atoms with Crippen molar-refractivity contribution in [3.63, 3.8) is 0 Å². The minimum Gasteiger partial charge on any atom is -0.496 e. The van der Waals surface area contributed by atoms with E-state index in [1.165, 1.54) is 19.2 Å². The van der Waals surface area contributed by atoms with Crippen LogP contribution in [0.5, 0.6) is 5.75 Å². The monoisotopic (exact) mass is 339 g/mol. The van der Waals surface area contributed by atoms with Crippen LogP contribution >= 0.6 is 0 Å². The van der Waals surface area contributed by atoms with Crippen molar-refractivity contribution in [3.8, 4) is 5.75 Å². The number of rotatable bonds is 5. The molecule has 2 aromatic carbocycles. The number of carbonyl (C=O) groups is 1. The van der Waals surface area contributed by atoms with E-state index in [0.29, 0.717) is 22.6 Å². The Balaban J connectivity index is 2.03. The second-order valence-corrected chi connectivity index (χ2v) is 5.10. The highest BCUT2D eigenvalue weighted by atomic mass is 19.4. The normalized spacial score (nSPS) is 11.2. The molecule has 0 aliphatic rings. The zero-order chi connectivity index (χ0) is 17.7. The van der Waals surface area contributed by atoms with E-state index >= 15 is 0 Å². The molecule has 0 saturated heterocycles. The van der Waals surface area contributed by atoms with Crippen LogP contribution in [0.25, 0.3) is 0 Å². The Hall–Kier alpha value is -2.54. The first-order valence-electron chi connectivity index (χ1n) is 7.07. The van der Waals surface area contributed by atoms with E-state index in [9.17, 15) is 18.0 Å². The number of amides is 1. The molecule has 0 aliphatic carbocycles. The molecule has 2 aromatic rings. The van der Waals surface area contributed by atoms with Gasteiger partial charge in [-0.1, -0.05) is 18.2 Å². The number of anilines is 1. The van der Waals surface area contributed by atoms with Crippen molar-refractivity contribution in [1.29, 1.82) is 0 Å². The Bertz CT molecular complexity index is 712. The number of carbonyl (C=O) groups excluding carboxylic acids is 1. The summed E-state index contributed by atoms with van der Waals surface area (Å²) in [5, 5.41) is 11.8. The van der Waals surface area contributed by atoms with Crippen molar-refractivity contribution in [1.82, 2.24) is 0 Å². The van der Waals surface area contributed by atoms with Gasteiger partial charge in [-0.15, -0.1) is 0 Å². The van der Waals surface area contributed by atoms with Crippen molar-refractivity contribution in [2.45, 2.75) is 19.2 Å². The molecule has 0 radical (unpaired) electrons. The Morgan fingerprint density at radius 2 is 1.83 bits per heavy atom. The Labute approximate surface area is 136 Å². The maximum atomic E-state index is 12.5. The summed E-state index contributed by atoms with van der Waals surface area (Å²) >= 11 is 0. The molecule has 0 atom stereocenters. The van der Waals surface area contributed by atoms with E-state index < -0.39 is 11.7 Å². The lowest BCUT2D eigenvalue weighted by Gasteiger charge is -2.11. The van der Waals surface area contributed by atoms with Gasteiger partial charge in [0.2, 0.25) is 5.91 Å². The highest BCUT2D eigenvalue weighted by molar-refractivity contribution is 5.92. The molecule has 24 heavy (non-hydrogen) atoms. The number of benzene rings is 2. The molecule has 0 spiro atoms. The number of ether oxygens (including phenoxy) is 1. The third-order valence-corrected chi connectivity index (χ3v) is 3.39. The first kappa shape index (κ1) is 17.8. The smallest absolute Gasteiger partial charge is 0.416 e. The minimum absolute atomic E-state index is 0.0534. The van der Waals surface area contributed by atoms with E-state index in [2.05, 4.69) is 5.32 Å². The highest BCUT2D eigenvalue weighted by Gasteiger charge is 2.29. The van der Waals surface area contributed by atoms with E-state index in [1.807, 2.05) is 0 Å². The maximum absolute atomic E-state index is 12.5. The molecule has 128 valence electrons. The average Bonchev–Trinajstić information content (AvgIpc) is 2.54. The zero-order valence-electron chi connectivity index (χ0n) is 12.9. The SMILES string of the molecule is COc1cc(NC(=O)Cc2ccc(C(F)(F)F)cc2)ccc1CO. The van der Waals surface area contributed by atoms with Gasteiger partial charge in [0.1, 0.15) is 5.75 Å². The van der Waals surface area contributed by atoms with Gasteiger partial charge >= 0.3 is 6.18 Å². The van der Waals surface area contributed by atoms with Gasteiger partial charge in [0, 0.05) is 17.3 Å². The van der Waals surface area contributed by atoms with Gasteiger partial charge in [0.15, 0.2) is 0 Å². The molecular weight excluding hydrogens is 323 g/mol. The van der Waals surface area contributed by atoms with Crippen LogP contribution < -0.4 is 10.1 Å². The molecule has 0 aliphatic heterocycles. The van der Waals surface area contributed by atoms with Gasteiger partial charge in [-0.3, -0.25) is 4.79 Å². The standard InChI is InChI=1S/C17H16F3NO3/c1-24-15-9-14(7-4-12(15)10-22)21-16(23)8-11-2-5-13(6-3-11)17(18,19)20/h2-7,9,22H,8,10H2,1H3,(H,21,23). The van der Waals surface area contributed by atoms with Crippen molar-refractivity contribution < 1.29 is 27.8 Å². The molecule has 0 unspecified atom stereocenters. The van der Waals surface area contributed by atoms with Crippen LogP contribution in [-0.4, -0.2) is 18.1 Å². The molecule has 4 nitrogen and oxygen atoms in total. The summed E-state index contributed by atoms with van der Waals surface area (Å²) < 4.78 is 42.6. The van der Waals surface area contributed by atoms with E-state index in [4.69, 9.17) is 9.84 Å². The molecule has 0 heterocycles. The third kappa shape index (κ3) is 4.48.